The molecule has 0 spiro atoms. The van der Waals surface area contributed by atoms with E-state index in [-0.39, 0.29) is 54.6 Å². The van der Waals surface area contributed by atoms with E-state index in [2.05, 4.69) is 75.8 Å². The van der Waals surface area contributed by atoms with Gasteiger partial charge in [-0.15, -0.1) is 32.9 Å². The van der Waals surface area contributed by atoms with Crippen LogP contribution in [0.5, 0.6) is 5.75 Å². The normalized spacial score (nSPS) is 20.1. The fourth-order valence-corrected chi connectivity index (χ4v) is 12.2. The third-order valence-electron chi connectivity index (χ3n) is 14.2. The zero-order chi connectivity index (χ0) is 51.4. The number of β-amino-alcohol motifs (C(OH)–C–C–N with tert-alkyl or cyclic N) is 1. The number of carbonyl (C=O) groups is 3. The number of rotatable bonds is 15. The Morgan fingerprint density at radius 3 is 2.40 bits per heavy atom. The van der Waals surface area contributed by atoms with Crippen molar-refractivity contribution >= 4 is 68.7 Å². The molecule has 0 unspecified atom stereocenters. The number of aliphatic hydroxyl groups excluding tert-OH is 1. The predicted octanol–water partition coefficient (Wildman–Crippen LogP) is 9.67. The van der Waals surface area contributed by atoms with Crippen molar-refractivity contribution in [3.05, 3.63) is 146 Å². The van der Waals surface area contributed by atoms with Crippen molar-refractivity contribution < 1.29 is 28.6 Å². The van der Waals surface area contributed by atoms with Crippen LogP contribution in [0.4, 0.5) is 0 Å². The molecule has 5 atom stereocenters. The Bertz CT molecular complexity index is 3280. The summed E-state index contributed by atoms with van der Waals surface area (Å²) >= 11 is 9.55. The number of aliphatic hydroxyl groups is 1. The summed E-state index contributed by atoms with van der Waals surface area (Å²) in [7, 11) is 0. The summed E-state index contributed by atoms with van der Waals surface area (Å²) in [6.07, 6.45) is 0.754. The molecule has 7 aromatic rings. The number of hydrogen-bond donors (Lipinski definition) is 4. The van der Waals surface area contributed by atoms with Crippen molar-refractivity contribution in [3.63, 3.8) is 0 Å². The maximum Gasteiger partial charge on any atom is 0.287 e. The van der Waals surface area contributed by atoms with Crippen LogP contribution in [0.1, 0.15) is 114 Å². The molecule has 0 radical (unpaired) electrons. The molecule has 2 fully saturated rings. The molecule has 2 aliphatic heterocycles. The van der Waals surface area contributed by atoms with E-state index in [1.165, 1.54) is 4.88 Å². The van der Waals surface area contributed by atoms with E-state index >= 15 is 0 Å². The summed E-state index contributed by atoms with van der Waals surface area (Å²) in [5.41, 5.74) is 9.92. The maximum absolute atomic E-state index is 14.3. The van der Waals surface area contributed by atoms with E-state index in [1.54, 1.807) is 45.8 Å². The average Bonchev–Trinajstić information content (AvgIpc) is 4.19. The van der Waals surface area contributed by atoms with Gasteiger partial charge in [0.1, 0.15) is 40.3 Å². The van der Waals surface area contributed by atoms with Crippen molar-refractivity contribution in [1.29, 1.82) is 0 Å². The molecule has 4 N–H and O–H groups in total. The Morgan fingerprint density at radius 2 is 1.68 bits per heavy atom. The largest absolute Gasteiger partial charge is 0.490 e. The van der Waals surface area contributed by atoms with Crippen LogP contribution in [0.3, 0.4) is 0 Å². The number of fused-ring (bicyclic) bond motifs is 4. The Balaban J connectivity index is 0.745. The summed E-state index contributed by atoms with van der Waals surface area (Å²) in [5, 5.41) is 31.6. The van der Waals surface area contributed by atoms with Crippen LogP contribution in [0.15, 0.2) is 100.0 Å². The molecular weight excluding hydrogens is 982 g/mol. The molecule has 378 valence electrons. The molecule has 4 aromatic heterocycles. The number of nitrogens with one attached hydrogen (secondary N) is 3. The molecule has 0 bridgehead atoms. The van der Waals surface area contributed by atoms with Gasteiger partial charge in [-0.25, -0.2) is 4.98 Å². The van der Waals surface area contributed by atoms with Crippen molar-refractivity contribution in [2.24, 2.45) is 10.9 Å². The Labute approximate surface area is 436 Å². The van der Waals surface area contributed by atoms with E-state index in [1.807, 2.05) is 75.0 Å². The number of aryl methyl sites for hydroxylation is 3. The van der Waals surface area contributed by atoms with Crippen LogP contribution in [0, 0.1) is 33.6 Å². The minimum absolute atomic E-state index is 0.0546. The molecule has 3 aromatic carbocycles. The van der Waals surface area contributed by atoms with Gasteiger partial charge in [-0.3, -0.25) is 23.9 Å². The maximum atomic E-state index is 14.3. The lowest BCUT2D eigenvalue weighted by Crippen LogP contribution is -2.53. The van der Waals surface area contributed by atoms with Gasteiger partial charge >= 0.3 is 0 Å². The van der Waals surface area contributed by atoms with E-state index < -0.39 is 30.1 Å². The number of carbonyl (C=O) groups excluding carboxylic acids is 3. The number of likely N-dealkylation sites (tertiary alicyclic amines) is 1. The number of thiophene rings is 1. The highest BCUT2D eigenvalue weighted by atomic mass is 35.5. The minimum Gasteiger partial charge on any atom is -0.490 e. The van der Waals surface area contributed by atoms with Gasteiger partial charge in [0, 0.05) is 70.0 Å². The number of aromatic nitrogens is 4. The quantitative estimate of drug-likeness (QED) is 0.0770. The lowest BCUT2D eigenvalue weighted by atomic mass is 9.89. The van der Waals surface area contributed by atoms with E-state index in [4.69, 9.17) is 25.7 Å². The van der Waals surface area contributed by atoms with Gasteiger partial charge in [0.15, 0.2) is 11.6 Å². The average molecular weight is 1040 g/mol. The van der Waals surface area contributed by atoms with Gasteiger partial charge in [0.05, 0.1) is 40.4 Å². The predicted molar refractivity (Wildman–Crippen MR) is 285 cm³/mol. The van der Waals surface area contributed by atoms with Gasteiger partial charge in [0.2, 0.25) is 11.8 Å². The smallest absolute Gasteiger partial charge is 0.287 e. The third-order valence-corrected chi connectivity index (χ3v) is 16.6. The van der Waals surface area contributed by atoms with Crippen LogP contribution in [-0.4, -0.2) is 90.1 Å². The number of furan rings is 1. The molecule has 1 aliphatic carbocycles. The first-order valence-electron chi connectivity index (χ1n) is 24.6. The summed E-state index contributed by atoms with van der Waals surface area (Å²) in [6.45, 7) is 18.3. The van der Waals surface area contributed by atoms with Crippen LogP contribution in [-0.2, 0) is 9.59 Å². The lowest BCUT2D eigenvalue weighted by molar-refractivity contribution is -0.135. The number of benzene rings is 3. The lowest BCUT2D eigenvalue weighted by Gasteiger charge is -2.36. The zero-order valence-corrected chi connectivity index (χ0v) is 44.1. The summed E-state index contributed by atoms with van der Waals surface area (Å²) in [6, 6.07) is 20.8. The topological polar surface area (TPSA) is 189 Å². The van der Waals surface area contributed by atoms with E-state index in [0.717, 1.165) is 54.9 Å². The first-order valence-corrected chi connectivity index (χ1v) is 26.7. The van der Waals surface area contributed by atoms with Crippen LogP contribution >= 0.6 is 34.3 Å². The number of thiazole rings is 1. The Kier molecular flexibility index (Phi) is 13.9. The first kappa shape index (κ1) is 49.9. The molecule has 1 saturated heterocycles. The molecule has 15 nitrogen and oxygen atoms in total. The standard InChI is InChI=1S/C55H58ClN9O6S2/c1-27(2)49(54(69)64-25-40(66)23-44(64)30(5)58-29(4)34-9-11-36(12-10-34)51-31(6)57-26-72-51)61-53(68)46-20-37-19-41(17-18-45(37)71-46)70-42-21-39(22-42)59-47(67)24-43-52-63-62-33(8)65(52)55-48(28(3)32(7)73-55)50(60-43)35-13-15-38(56)16-14-35/h9-20,26-27,29,39-40,42-44,49,58,66H,5,21-25H2,1-4,6-8H3,(H,59,67)(H,61,68)/t29-,39?,40+,42?,43-,44-,49-/m0/s1. The number of hydrogen-bond acceptors (Lipinski definition) is 13. The highest BCUT2D eigenvalue weighted by molar-refractivity contribution is 7.15. The summed E-state index contributed by atoms with van der Waals surface area (Å²) in [4.78, 5) is 55.4. The fourth-order valence-electron chi connectivity index (χ4n) is 10.0. The van der Waals surface area contributed by atoms with Crippen molar-refractivity contribution in [1.82, 2.24) is 40.6 Å². The molecular formula is C55H58ClN9O6S2. The summed E-state index contributed by atoms with van der Waals surface area (Å²) in [5.74, 6) is 0.746. The SMILES string of the molecule is C=C(N[C@@H](C)c1ccc(-c2scnc2C)cc1)[C@@H]1C[C@@H](O)CN1C(=O)[C@@H](NC(=O)c1cc2cc(OC3CC(NC(=O)C[C@@H]4N=C(c5ccc(Cl)cc5)c5c(sc(C)c5C)-n5c(C)nnc54)C3)ccc2o1)C(C)C. The highest BCUT2D eigenvalue weighted by Crippen LogP contribution is 2.40. The van der Waals surface area contributed by atoms with Crippen molar-refractivity contribution in [2.75, 3.05) is 6.54 Å². The first-order chi connectivity index (χ1) is 35.0. The molecule has 10 rings (SSSR count). The third kappa shape index (κ3) is 10.1. The van der Waals surface area contributed by atoms with Gasteiger partial charge in [0.25, 0.3) is 5.91 Å². The second kappa shape index (κ2) is 20.3. The fraction of sp³-hybridized carbons (Fsp3) is 0.364. The molecule has 18 heteroatoms. The van der Waals surface area contributed by atoms with Gasteiger partial charge < -0.3 is 35.1 Å². The van der Waals surface area contributed by atoms with Gasteiger partial charge in [-0.2, -0.15) is 0 Å². The van der Waals surface area contributed by atoms with Crippen molar-refractivity contribution in [3.8, 4) is 21.2 Å². The molecule has 3 amide bonds. The van der Waals surface area contributed by atoms with E-state index in [9.17, 15) is 19.5 Å². The van der Waals surface area contributed by atoms with E-state index in [0.29, 0.717) is 52.5 Å². The molecule has 6 heterocycles. The number of ether oxygens (including phenoxy) is 1. The number of halogens is 1. The number of amides is 3. The van der Waals surface area contributed by atoms with Crippen LogP contribution in [0.25, 0.3) is 26.4 Å². The minimum atomic E-state index is -0.897. The molecule has 1 saturated carbocycles. The zero-order valence-electron chi connectivity index (χ0n) is 41.7. The Hall–Kier alpha value is -6.66. The van der Waals surface area contributed by atoms with Crippen molar-refractivity contribution in [2.45, 2.75) is 117 Å². The highest BCUT2D eigenvalue weighted by Gasteiger charge is 2.41. The number of aliphatic imine (C=N–C) groups is 1. The number of nitrogens with zero attached hydrogens (tertiary/aromatic N) is 6. The van der Waals surface area contributed by atoms with Crippen LogP contribution < -0.4 is 20.7 Å². The second-order valence-electron chi connectivity index (χ2n) is 19.8. The van der Waals surface area contributed by atoms with Crippen LogP contribution in [0.2, 0.25) is 5.02 Å². The summed E-state index contributed by atoms with van der Waals surface area (Å²) < 4.78 is 14.4. The van der Waals surface area contributed by atoms with Gasteiger partial charge in [-0.05, 0) is 93.6 Å². The monoisotopic (exact) mass is 1040 g/mol. The Morgan fingerprint density at radius 1 is 0.945 bits per heavy atom. The molecule has 73 heavy (non-hydrogen) atoms. The second-order valence-corrected chi connectivity index (χ2v) is 22.3. The van der Waals surface area contributed by atoms with Gasteiger partial charge in [-0.1, -0.05) is 68.4 Å². The molecule has 3 aliphatic rings.